The van der Waals surface area contributed by atoms with E-state index < -0.39 is 0 Å². The molecule has 0 bridgehead atoms. The number of hydrogen-bond donors (Lipinski definition) is 2. The summed E-state index contributed by atoms with van der Waals surface area (Å²) in [6.07, 6.45) is 3.29. The number of aromatic nitrogens is 3. The summed E-state index contributed by atoms with van der Waals surface area (Å²) in [6.45, 7) is 0.450. The molecule has 7 heteroatoms. The van der Waals surface area contributed by atoms with E-state index in [2.05, 4.69) is 15.5 Å². The first-order valence-electron chi connectivity index (χ1n) is 7.21. The molecular weight excluding hydrogens is 316 g/mol. The molecule has 0 unspecified atom stereocenters. The normalized spacial score (nSPS) is 10.8. The van der Waals surface area contributed by atoms with Gasteiger partial charge in [-0.05, 0) is 30.7 Å². The minimum atomic E-state index is -0.390. The van der Waals surface area contributed by atoms with E-state index in [0.29, 0.717) is 19.4 Å². The van der Waals surface area contributed by atoms with Gasteiger partial charge in [0.25, 0.3) is 5.91 Å². The van der Waals surface area contributed by atoms with Gasteiger partial charge in [0.1, 0.15) is 11.6 Å². The molecule has 0 atom stereocenters. The second-order valence-electron chi connectivity index (χ2n) is 5.04. The molecule has 0 fully saturated rings. The lowest BCUT2D eigenvalue weighted by molar-refractivity contribution is 0.0950. The van der Waals surface area contributed by atoms with Crippen LogP contribution in [-0.4, -0.2) is 32.2 Å². The molecule has 0 saturated carbocycles. The Bertz CT molecular complexity index is 827. The zero-order valence-corrected chi connectivity index (χ0v) is 13.0. The molecule has 1 aromatic carbocycles. The van der Waals surface area contributed by atoms with Crippen molar-refractivity contribution in [2.45, 2.75) is 12.8 Å². The van der Waals surface area contributed by atoms with Crippen molar-refractivity contribution in [1.29, 1.82) is 0 Å². The number of nitrogens with zero attached hydrogens (tertiary/aromatic N) is 3. The minimum Gasteiger partial charge on any atom is -0.507 e. The largest absolute Gasteiger partial charge is 0.507 e. The van der Waals surface area contributed by atoms with Gasteiger partial charge in [-0.1, -0.05) is 23.7 Å². The molecule has 0 saturated heterocycles. The van der Waals surface area contributed by atoms with Crippen molar-refractivity contribution < 1.29 is 9.90 Å². The Labute approximate surface area is 137 Å². The van der Waals surface area contributed by atoms with Gasteiger partial charge < -0.3 is 10.4 Å². The van der Waals surface area contributed by atoms with Crippen LogP contribution in [-0.2, 0) is 6.42 Å². The van der Waals surface area contributed by atoms with Crippen molar-refractivity contribution >= 4 is 23.2 Å². The summed E-state index contributed by atoms with van der Waals surface area (Å²) in [4.78, 5) is 12.1. The molecule has 3 aromatic rings. The van der Waals surface area contributed by atoms with Crippen LogP contribution in [0.1, 0.15) is 22.6 Å². The van der Waals surface area contributed by atoms with Crippen LogP contribution in [0.3, 0.4) is 0 Å². The number of carbonyl (C=O) groups is 1. The molecule has 2 aromatic heterocycles. The van der Waals surface area contributed by atoms with Crippen LogP contribution >= 0.6 is 11.6 Å². The predicted octanol–water partition coefficient (Wildman–Crippen LogP) is 2.45. The number of rotatable bonds is 5. The van der Waals surface area contributed by atoms with E-state index in [1.165, 1.54) is 6.07 Å². The molecule has 6 nitrogen and oxygen atoms in total. The Kier molecular flexibility index (Phi) is 4.43. The number of aromatic hydroxyl groups is 1. The highest BCUT2D eigenvalue weighted by atomic mass is 35.5. The van der Waals surface area contributed by atoms with Crippen molar-refractivity contribution in [3.05, 3.63) is 59.0 Å². The van der Waals surface area contributed by atoms with Gasteiger partial charge in [-0.2, -0.15) is 0 Å². The number of phenols is 1. The molecular formula is C16H15ClN4O2. The fourth-order valence-electron chi connectivity index (χ4n) is 2.34. The zero-order chi connectivity index (χ0) is 16.2. The average molecular weight is 331 g/mol. The molecule has 0 radical (unpaired) electrons. The van der Waals surface area contributed by atoms with Crippen molar-refractivity contribution in [2.24, 2.45) is 0 Å². The van der Waals surface area contributed by atoms with E-state index >= 15 is 0 Å². The van der Waals surface area contributed by atoms with Gasteiger partial charge in [0, 0.05) is 19.2 Å². The third-order valence-electron chi connectivity index (χ3n) is 3.47. The molecule has 0 aliphatic carbocycles. The summed E-state index contributed by atoms with van der Waals surface area (Å²) in [7, 11) is 0. The lowest BCUT2D eigenvalue weighted by atomic mass is 10.2. The Morgan fingerprint density at radius 1 is 1.22 bits per heavy atom. The van der Waals surface area contributed by atoms with Crippen molar-refractivity contribution in [3.8, 4) is 5.75 Å². The number of phenolic OH excluding ortho intramolecular Hbond substituents is 1. The van der Waals surface area contributed by atoms with Crippen LogP contribution in [0.4, 0.5) is 0 Å². The number of halogens is 1. The highest BCUT2D eigenvalue weighted by molar-refractivity contribution is 6.34. The first-order chi connectivity index (χ1) is 11.2. The van der Waals surface area contributed by atoms with E-state index in [1.807, 2.05) is 28.8 Å². The Hall–Kier alpha value is -2.60. The molecule has 2 heterocycles. The fraction of sp³-hybridized carbons (Fsp3) is 0.188. The number of amides is 1. The van der Waals surface area contributed by atoms with Crippen molar-refractivity contribution in [3.63, 3.8) is 0 Å². The summed E-state index contributed by atoms with van der Waals surface area (Å²) in [6, 6.07) is 10.3. The number of nitrogens with one attached hydrogen (secondary N) is 1. The second kappa shape index (κ2) is 6.66. The molecule has 0 spiro atoms. The van der Waals surface area contributed by atoms with Crippen LogP contribution in [0, 0.1) is 0 Å². The fourth-order valence-corrected chi connectivity index (χ4v) is 2.59. The summed E-state index contributed by atoms with van der Waals surface area (Å²) in [5.41, 5.74) is 0.898. The van der Waals surface area contributed by atoms with Crippen LogP contribution in [0.25, 0.3) is 5.65 Å². The summed E-state index contributed by atoms with van der Waals surface area (Å²) in [5.74, 6) is 0.327. The lowest BCUT2D eigenvalue weighted by Crippen LogP contribution is -2.25. The number of pyridine rings is 1. The molecule has 0 aliphatic heterocycles. The smallest absolute Gasteiger partial charge is 0.256 e. The first-order valence-corrected chi connectivity index (χ1v) is 7.59. The average Bonchev–Trinajstić information content (AvgIpc) is 2.95. The molecule has 118 valence electrons. The summed E-state index contributed by atoms with van der Waals surface area (Å²) < 4.78 is 1.92. The number of carbonyl (C=O) groups excluding carboxylic acids is 1. The van der Waals surface area contributed by atoms with E-state index in [9.17, 15) is 9.90 Å². The highest BCUT2D eigenvalue weighted by Crippen LogP contribution is 2.24. The Morgan fingerprint density at radius 3 is 2.91 bits per heavy atom. The van der Waals surface area contributed by atoms with Gasteiger partial charge in [0.2, 0.25) is 0 Å². The van der Waals surface area contributed by atoms with E-state index in [1.54, 1.807) is 12.1 Å². The van der Waals surface area contributed by atoms with Crippen LogP contribution in [0.2, 0.25) is 5.02 Å². The third kappa shape index (κ3) is 3.27. The SMILES string of the molecule is O=C(NCCCc1nnc2ccccn12)c1c(O)cccc1Cl. The van der Waals surface area contributed by atoms with Crippen molar-refractivity contribution in [2.75, 3.05) is 6.54 Å². The molecule has 0 aliphatic rings. The monoisotopic (exact) mass is 330 g/mol. The van der Waals surface area contributed by atoms with Gasteiger partial charge in [-0.25, -0.2) is 0 Å². The summed E-state index contributed by atoms with van der Waals surface area (Å²) in [5, 5.41) is 20.9. The maximum Gasteiger partial charge on any atom is 0.256 e. The number of aryl methyl sites for hydroxylation is 1. The highest BCUT2D eigenvalue weighted by Gasteiger charge is 2.14. The zero-order valence-electron chi connectivity index (χ0n) is 12.2. The van der Waals surface area contributed by atoms with Gasteiger partial charge in [-0.15, -0.1) is 10.2 Å². The second-order valence-corrected chi connectivity index (χ2v) is 5.45. The topological polar surface area (TPSA) is 79.5 Å². The number of fused-ring (bicyclic) bond motifs is 1. The van der Waals surface area contributed by atoms with E-state index in [0.717, 1.165) is 11.5 Å². The number of benzene rings is 1. The van der Waals surface area contributed by atoms with Gasteiger partial charge in [0.15, 0.2) is 5.65 Å². The molecule has 2 N–H and O–H groups in total. The predicted molar refractivity (Wildman–Crippen MR) is 86.8 cm³/mol. The molecule has 23 heavy (non-hydrogen) atoms. The third-order valence-corrected chi connectivity index (χ3v) is 3.78. The maximum atomic E-state index is 12.1. The van der Waals surface area contributed by atoms with Crippen LogP contribution in [0.15, 0.2) is 42.6 Å². The minimum absolute atomic E-state index is 0.0992. The lowest BCUT2D eigenvalue weighted by Gasteiger charge is -2.08. The summed E-state index contributed by atoms with van der Waals surface area (Å²) >= 11 is 5.94. The molecule has 1 amide bonds. The quantitative estimate of drug-likeness (QED) is 0.704. The molecule has 3 rings (SSSR count). The van der Waals surface area contributed by atoms with Gasteiger partial charge in [-0.3, -0.25) is 9.20 Å². The van der Waals surface area contributed by atoms with Crippen molar-refractivity contribution in [1.82, 2.24) is 19.9 Å². The van der Waals surface area contributed by atoms with Crippen LogP contribution in [0.5, 0.6) is 5.75 Å². The number of hydrogen-bond acceptors (Lipinski definition) is 4. The Morgan fingerprint density at radius 2 is 2.09 bits per heavy atom. The van der Waals surface area contributed by atoms with Crippen LogP contribution < -0.4 is 5.32 Å². The van der Waals surface area contributed by atoms with E-state index in [-0.39, 0.29) is 22.2 Å². The first kappa shape index (κ1) is 15.3. The maximum absolute atomic E-state index is 12.1. The van der Waals surface area contributed by atoms with E-state index in [4.69, 9.17) is 11.6 Å². The standard InChI is InChI=1S/C16H15ClN4O2/c17-11-5-3-6-12(22)15(11)16(23)18-9-4-8-14-20-19-13-7-1-2-10-21(13)14/h1-3,5-7,10,22H,4,8-9H2,(H,18,23). The van der Waals surface area contributed by atoms with Gasteiger partial charge >= 0.3 is 0 Å². The van der Waals surface area contributed by atoms with Gasteiger partial charge in [0.05, 0.1) is 10.6 Å². The Balaban J connectivity index is 1.57.